The third-order valence-corrected chi connectivity index (χ3v) is 2.78. The molecule has 0 aromatic carbocycles. The minimum atomic E-state index is -0.200. The van der Waals surface area contributed by atoms with E-state index >= 15 is 0 Å². The largest absolute Gasteiger partial charge is 0.469 e. The lowest BCUT2D eigenvalue weighted by atomic mass is 10.2. The monoisotopic (exact) mass is 248 g/mol. The third kappa shape index (κ3) is 2.22. The zero-order valence-corrected chi connectivity index (χ0v) is 10.7. The average molecular weight is 248 g/mol. The molecule has 6 heteroatoms. The summed E-state index contributed by atoms with van der Waals surface area (Å²) in [6.45, 7) is 2.33. The molecule has 0 spiro atoms. The van der Waals surface area contributed by atoms with Gasteiger partial charge in [0.2, 0.25) is 0 Å². The number of hydrogen-bond acceptors (Lipinski definition) is 4. The van der Waals surface area contributed by atoms with Crippen LogP contribution in [0.2, 0.25) is 0 Å². The van der Waals surface area contributed by atoms with Gasteiger partial charge in [-0.3, -0.25) is 9.48 Å². The van der Waals surface area contributed by atoms with E-state index in [1.807, 2.05) is 13.0 Å². The topological polar surface area (TPSA) is 77.3 Å². The number of carbonyl (C=O) groups excluding carboxylic acids is 1. The van der Waals surface area contributed by atoms with Crippen LogP contribution in [-0.2, 0) is 13.6 Å². The van der Waals surface area contributed by atoms with Crippen molar-refractivity contribution in [3.63, 3.8) is 0 Å². The molecule has 0 saturated heterocycles. The number of hydrogen-bond donors (Lipinski definition) is 1. The zero-order valence-electron chi connectivity index (χ0n) is 10.7. The second-order valence-corrected chi connectivity index (χ2v) is 4.27. The van der Waals surface area contributed by atoms with Crippen LogP contribution in [0.5, 0.6) is 0 Å². The normalized spacial score (nSPS) is 10.6. The highest BCUT2D eigenvalue weighted by atomic mass is 16.3. The summed E-state index contributed by atoms with van der Waals surface area (Å²) in [5.74, 6) is 0.609. The Morgan fingerprint density at radius 3 is 2.83 bits per heavy atom. The van der Waals surface area contributed by atoms with Crippen molar-refractivity contribution in [3.05, 3.63) is 35.5 Å². The van der Waals surface area contributed by atoms with E-state index in [2.05, 4.69) is 5.10 Å². The van der Waals surface area contributed by atoms with Crippen molar-refractivity contribution >= 4 is 11.6 Å². The van der Waals surface area contributed by atoms with Gasteiger partial charge in [-0.05, 0) is 13.0 Å². The van der Waals surface area contributed by atoms with E-state index < -0.39 is 0 Å². The number of rotatable bonds is 3. The summed E-state index contributed by atoms with van der Waals surface area (Å²) in [5.41, 5.74) is 7.37. The highest BCUT2D eigenvalue weighted by Gasteiger charge is 2.19. The van der Waals surface area contributed by atoms with Crippen LogP contribution in [0.4, 0.5) is 5.69 Å². The van der Waals surface area contributed by atoms with Crippen molar-refractivity contribution in [3.8, 4) is 0 Å². The van der Waals surface area contributed by atoms with Crippen molar-refractivity contribution < 1.29 is 9.21 Å². The first kappa shape index (κ1) is 12.2. The number of nitrogens with zero attached hydrogens (tertiary/aromatic N) is 3. The molecule has 96 valence electrons. The van der Waals surface area contributed by atoms with Gasteiger partial charge in [0.05, 0.1) is 12.0 Å². The number of nitrogen functional groups attached to an aromatic ring is 1. The molecule has 2 N–H and O–H groups in total. The molecular weight excluding hydrogens is 232 g/mol. The summed E-state index contributed by atoms with van der Waals surface area (Å²) in [6, 6.07) is 1.85. The van der Waals surface area contributed by atoms with Crippen molar-refractivity contribution in [2.45, 2.75) is 13.5 Å². The predicted octanol–water partition coefficient (Wildman–Crippen LogP) is 1.18. The Labute approximate surface area is 105 Å². The SMILES string of the molecule is Cc1occc1CN(C)C(=O)c1nn(C)cc1N. The van der Waals surface area contributed by atoms with Gasteiger partial charge in [0.1, 0.15) is 5.76 Å². The molecule has 0 saturated carbocycles. The fraction of sp³-hybridized carbons (Fsp3) is 0.333. The van der Waals surface area contributed by atoms with E-state index in [-0.39, 0.29) is 11.6 Å². The molecule has 2 aromatic heterocycles. The van der Waals surface area contributed by atoms with Gasteiger partial charge in [-0.2, -0.15) is 5.10 Å². The maximum Gasteiger partial charge on any atom is 0.276 e. The first-order valence-electron chi connectivity index (χ1n) is 5.56. The average Bonchev–Trinajstić information content (AvgIpc) is 2.85. The second kappa shape index (κ2) is 4.56. The van der Waals surface area contributed by atoms with Crippen LogP contribution in [0.25, 0.3) is 0 Å². The van der Waals surface area contributed by atoms with Crippen LogP contribution < -0.4 is 5.73 Å². The fourth-order valence-corrected chi connectivity index (χ4v) is 1.76. The van der Waals surface area contributed by atoms with E-state index in [0.717, 1.165) is 11.3 Å². The van der Waals surface area contributed by atoms with Crippen LogP contribution in [0, 0.1) is 6.92 Å². The summed E-state index contributed by atoms with van der Waals surface area (Å²) in [7, 11) is 3.44. The van der Waals surface area contributed by atoms with Crippen molar-refractivity contribution in [1.29, 1.82) is 0 Å². The molecule has 2 heterocycles. The number of furan rings is 1. The summed E-state index contributed by atoms with van der Waals surface area (Å²) < 4.78 is 6.72. The van der Waals surface area contributed by atoms with Gasteiger partial charge >= 0.3 is 0 Å². The number of carbonyl (C=O) groups is 1. The number of aromatic nitrogens is 2. The molecule has 0 aliphatic heterocycles. The van der Waals surface area contributed by atoms with Gasteiger partial charge in [0.25, 0.3) is 5.91 Å². The third-order valence-electron chi connectivity index (χ3n) is 2.78. The molecule has 2 aromatic rings. The Morgan fingerprint density at radius 2 is 2.33 bits per heavy atom. The van der Waals surface area contributed by atoms with Gasteiger partial charge in [-0.25, -0.2) is 0 Å². The Kier molecular flexibility index (Phi) is 3.10. The lowest BCUT2D eigenvalue weighted by Crippen LogP contribution is -2.27. The molecule has 0 aliphatic rings. The summed E-state index contributed by atoms with van der Waals surface area (Å²) in [6.07, 6.45) is 3.22. The highest BCUT2D eigenvalue weighted by Crippen LogP contribution is 2.15. The number of nitrogens with two attached hydrogens (primary N) is 1. The molecule has 0 radical (unpaired) electrons. The standard InChI is InChI=1S/C12H16N4O2/c1-8-9(4-5-18-8)6-15(2)12(17)11-10(13)7-16(3)14-11/h4-5,7H,6,13H2,1-3H3. The summed E-state index contributed by atoms with van der Waals surface area (Å²) in [5, 5.41) is 4.06. The molecule has 18 heavy (non-hydrogen) atoms. The smallest absolute Gasteiger partial charge is 0.276 e. The van der Waals surface area contributed by atoms with Crippen molar-refractivity contribution in [2.24, 2.45) is 7.05 Å². The van der Waals surface area contributed by atoms with E-state index in [1.165, 1.54) is 4.68 Å². The van der Waals surface area contributed by atoms with E-state index in [0.29, 0.717) is 12.2 Å². The first-order valence-corrected chi connectivity index (χ1v) is 5.56. The van der Waals surface area contributed by atoms with Crippen LogP contribution in [0.1, 0.15) is 21.8 Å². The quantitative estimate of drug-likeness (QED) is 0.884. The van der Waals surface area contributed by atoms with Gasteiger partial charge < -0.3 is 15.1 Å². The molecule has 6 nitrogen and oxygen atoms in total. The van der Waals surface area contributed by atoms with Crippen molar-refractivity contribution in [2.75, 3.05) is 12.8 Å². The molecule has 0 bridgehead atoms. The summed E-state index contributed by atoms with van der Waals surface area (Å²) >= 11 is 0. The number of aryl methyl sites for hydroxylation is 2. The lowest BCUT2D eigenvalue weighted by molar-refractivity contribution is 0.0779. The maximum atomic E-state index is 12.2. The minimum Gasteiger partial charge on any atom is -0.469 e. The Bertz CT molecular complexity index is 570. The van der Waals surface area contributed by atoms with Crippen LogP contribution in [0.3, 0.4) is 0 Å². The maximum absolute atomic E-state index is 12.2. The molecule has 0 fully saturated rings. The summed E-state index contributed by atoms with van der Waals surface area (Å²) in [4.78, 5) is 13.7. The molecule has 0 atom stereocenters. The van der Waals surface area contributed by atoms with Gasteiger partial charge in [0.15, 0.2) is 5.69 Å². The molecule has 2 rings (SSSR count). The number of anilines is 1. The molecular formula is C12H16N4O2. The van der Waals surface area contributed by atoms with Crippen LogP contribution in [0.15, 0.2) is 22.9 Å². The highest BCUT2D eigenvalue weighted by molar-refractivity contribution is 5.96. The first-order chi connectivity index (χ1) is 8.49. The van der Waals surface area contributed by atoms with Gasteiger partial charge in [0, 0.05) is 32.4 Å². The van der Waals surface area contributed by atoms with E-state index in [9.17, 15) is 4.79 Å². The Balaban J connectivity index is 2.14. The lowest BCUT2D eigenvalue weighted by Gasteiger charge is -2.15. The second-order valence-electron chi connectivity index (χ2n) is 4.27. The Hall–Kier alpha value is -2.24. The number of amides is 1. The zero-order chi connectivity index (χ0) is 13.3. The predicted molar refractivity (Wildman–Crippen MR) is 66.9 cm³/mol. The molecule has 1 amide bonds. The Morgan fingerprint density at radius 1 is 1.61 bits per heavy atom. The van der Waals surface area contributed by atoms with Gasteiger partial charge in [-0.1, -0.05) is 0 Å². The molecule has 0 aliphatic carbocycles. The van der Waals surface area contributed by atoms with Crippen LogP contribution >= 0.6 is 0 Å². The minimum absolute atomic E-state index is 0.200. The van der Waals surface area contributed by atoms with Crippen molar-refractivity contribution in [1.82, 2.24) is 14.7 Å². The van der Waals surface area contributed by atoms with Gasteiger partial charge in [-0.15, -0.1) is 0 Å². The fourth-order valence-electron chi connectivity index (χ4n) is 1.76. The van der Waals surface area contributed by atoms with Crippen LogP contribution in [-0.4, -0.2) is 27.6 Å². The van der Waals surface area contributed by atoms with E-state index in [1.54, 1.807) is 31.5 Å². The van der Waals surface area contributed by atoms with E-state index in [4.69, 9.17) is 10.2 Å². The molecule has 0 unspecified atom stereocenters.